The summed E-state index contributed by atoms with van der Waals surface area (Å²) in [6, 6.07) is 10.4. The Morgan fingerprint density at radius 1 is 1.25 bits per heavy atom. The van der Waals surface area contributed by atoms with Gasteiger partial charge < -0.3 is 14.4 Å². The molecule has 6 heteroatoms. The molecule has 0 spiro atoms. The molecule has 0 bridgehead atoms. The molecule has 0 radical (unpaired) electrons. The number of benzene rings is 1. The van der Waals surface area contributed by atoms with Gasteiger partial charge in [0.05, 0.1) is 18.7 Å². The number of piperidine rings is 1. The topological polar surface area (TPSA) is 75.4 Å². The second-order valence-electron chi connectivity index (χ2n) is 9.68. The van der Waals surface area contributed by atoms with Crippen LogP contribution in [0.25, 0.3) is 10.9 Å². The van der Waals surface area contributed by atoms with Crippen LogP contribution in [0.2, 0.25) is 0 Å². The number of pyridine rings is 1. The van der Waals surface area contributed by atoms with Crippen molar-refractivity contribution in [1.29, 1.82) is 5.26 Å². The van der Waals surface area contributed by atoms with E-state index in [0.29, 0.717) is 24.8 Å². The summed E-state index contributed by atoms with van der Waals surface area (Å²) >= 11 is 0. The molecule has 1 aromatic heterocycles. The molecule has 172 valence electrons. The minimum absolute atomic E-state index is 0.241. The number of hydrogen-bond donors (Lipinski definition) is 0. The smallest absolute Gasteiger partial charge is 0.410 e. The number of fused-ring (bicyclic) bond motifs is 1. The first-order chi connectivity index (χ1) is 15.3. The van der Waals surface area contributed by atoms with Crippen molar-refractivity contribution in [3.63, 3.8) is 0 Å². The summed E-state index contributed by atoms with van der Waals surface area (Å²) in [5.74, 6) is 1.70. The van der Waals surface area contributed by atoms with Crippen LogP contribution in [0.3, 0.4) is 0 Å². The third-order valence-corrected chi connectivity index (χ3v) is 6.23. The number of methoxy groups -OCH3 is 1. The van der Waals surface area contributed by atoms with Crippen molar-refractivity contribution in [2.24, 2.45) is 11.8 Å². The van der Waals surface area contributed by atoms with Crippen molar-refractivity contribution in [2.45, 2.75) is 64.9 Å². The number of nitrogens with zero attached hydrogens (tertiary/aromatic N) is 3. The average molecular weight is 438 g/mol. The summed E-state index contributed by atoms with van der Waals surface area (Å²) in [6.07, 6.45) is 7.08. The second-order valence-corrected chi connectivity index (χ2v) is 9.68. The van der Waals surface area contributed by atoms with E-state index in [-0.39, 0.29) is 6.09 Å². The van der Waals surface area contributed by atoms with Gasteiger partial charge in [0.1, 0.15) is 11.4 Å². The molecule has 1 aromatic carbocycles. The van der Waals surface area contributed by atoms with E-state index in [1.807, 2.05) is 44.0 Å². The fourth-order valence-electron chi connectivity index (χ4n) is 4.61. The number of ether oxygens (including phenoxy) is 2. The van der Waals surface area contributed by atoms with Crippen LogP contribution in [-0.4, -0.2) is 41.8 Å². The number of aromatic nitrogens is 1. The van der Waals surface area contributed by atoms with Crippen LogP contribution >= 0.6 is 0 Å². The minimum Gasteiger partial charge on any atom is -0.497 e. The lowest BCUT2D eigenvalue weighted by Gasteiger charge is -2.39. The van der Waals surface area contributed by atoms with Crippen LogP contribution in [0.1, 0.15) is 58.4 Å². The Bertz CT molecular complexity index is 961. The largest absolute Gasteiger partial charge is 0.497 e. The lowest BCUT2D eigenvalue weighted by atomic mass is 9.79. The maximum absolute atomic E-state index is 12.5. The molecule has 0 saturated carbocycles. The van der Waals surface area contributed by atoms with Gasteiger partial charge in [-0.2, -0.15) is 5.26 Å². The number of aryl methyl sites for hydroxylation is 1. The SMILES string of the molecule is COc1ccc2nccc(CCCC3CCN(C(=O)OC(C)(C)C)CC3CCC#N)c2c1. The molecular weight excluding hydrogens is 402 g/mol. The Hall–Kier alpha value is -2.81. The molecule has 6 nitrogen and oxygen atoms in total. The predicted octanol–water partition coefficient (Wildman–Crippen LogP) is 5.74. The van der Waals surface area contributed by atoms with Crippen molar-refractivity contribution in [3.05, 3.63) is 36.0 Å². The van der Waals surface area contributed by atoms with Gasteiger partial charge >= 0.3 is 6.09 Å². The first-order valence-electron chi connectivity index (χ1n) is 11.6. The highest BCUT2D eigenvalue weighted by Crippen LogP contribution is 2.33. The van der Waals surface area contributed by atoms with E-state index < -0.39 is 5.60 Å². The molecule has 1 aliphatic heterocycles. The first kappa shape index (κ1) is 23.8. The molecule has 1 saturated heterocycles. The fraction of sp³-hybridized carbons (Fsp3) is 0.577. The van der Waals surface area contributed by atoms with Crippen molar-refractivity contribution >= 4 is 17.0 Å². The molecule has 2 aromatic rings. The molecule has 1 fully saturated rings. The third kappa shape index (κ3) is 6.35. The number of carbonyl (C=O) groups excluding carboxylic acids is 1. The van der Waals surface area contributed by atoms with E-state index in [4.69, 9.17) is 14.7 Å². The van der Waals surface area contributed by atoms with Crippen LogP contribution < -0.4 is 4.74 Å². The highest BCUT2D eigenvalue weighted by molar-refractivity contribution is 5.83. The standard InChI is InChI=1S/C26H35N3O3/c1-26(2,3)32-25(30)29-16-13-19(21(18-29)9-6-14-27)7-5-8-20-12-15-28-24-11-10-22(31-4)17-23(20)24/h10-12,15,17,19,21H,5-9,13,16,18H2,1-4H3. The van der Waals surface area contributed by atoms with E-state index in [1.54, 1.807) is 7.11 Å². The van der Waals surface area contributed by atoms with Crippen molar-refractivity contribution in [3.8, 4) is 11.8 Å². The van der Waals surface area contributed by atoms with Gasteiger partial charge in [-0.1, -0.05) is 0 Å². The van der Waals surface area contributed by atoms with Gasteiger partial charge in [-0.3, -0.25) is 4.98 Å². The van der Waals surface area contributed by atoms with Crippen LogP contribution in [0.5, 0.6) is 5.75 Å². The van der Waals surface area contributed by atoms with Gasteiger partial charge in [-0.15, -0.1) is 0 Å². The van der Waals surface area contributed by atoms with Crippen molar-refractivity contribution < 1.29 is 14.3 Å². The Balaban J connectivity index is 1.62. The van der Waals surface area contributed by atoms with E-state index in [1.165, 1.54) is 5.56 Å². The van der Waals surface area contributed by atoms with Gasteiger partial charge in [-0.05, 0) is 94.5 Å². The van der Waals surface area contributed by atoms with Crippen LogP contribution in [0, 0.1) is 23.2 Å². The van der Waals surface area contributed by atoms with Gasteiger partial charge in [0.15, 0.2) is 0 Å². The maximum atomic E-state index is 12.5. The Kier molecular flexibility index (Phi) is 7.95. The van der Waals surface area contributed by atoms with E-state index >= 15 is 0 Å². The Labute approximate surface area is 191 Å². The number of hydrogen-bond acceptors (Lipinski definition) is 5. The van der Waals surface area contributed by atoms with E-state index in [2.05, 4.69) is 23.2 Å². The number of nitriles is 1. The summed E-state index contributed by atoms with van der Waals surface area (Å²) < 4.78 is 11.0. The molecule has 2 heterocycles. The average Bonchev–Trinajstić information content (AvgIpc) is 2.76. The third-order valence-electron chi connectivity index (χ3n) is 6.23. The fourth-order valence-corrected chi connectivity index (χ4v) is 4.61. The van der Waals surface area contributed by atoms with E-state index in [9.17, 15) is 4.79 Å². The molecule has 1 aliphatic rings. The van der Waals surface area contributed by atoms with Gasteiger partial charge in [0, 0.05) is 31.1 Å². The zero-order valence-electron chi connectivity index (χ0n) is 19.8. The van der Waals surface area contributed by atoms with Crippen LogP contribution in [-0.2, 0) is 11.2 Å². The van der Waals surface area contributed by atoms with Crippen molar-refractivity contribution in [2.75, 3.05) is 20.2 Å². The molecule has 0 aliphatic carbocycles. The summed E-state index contributed by atoms with van der Waals surface area (Å²) in [5.41, 5.74) is 1.78. The lowest BCUT2D eigenvalue weighted by Crippen LogP contribution is -2.45. The molecule has 0 N–H and O–H groups in total. The number of amides is 1. The molecule has 2 unspecified atom stereocenters. The van der Waals surface area contributed by atoms with Crippen molar-refractivity contribution in [1.82, 2.24) is 9.88 Å². The molecule has 1 amide bonds. The van der Waals surface area contributed by atoms with Crippen LogP contribution in [0.15, 0.2) is 30.5 Å². The number of carbonyl (C=O) groups is 1. The summed E-state index contributed by atoms with van der Waals surface area (Å²) in [6.45, 7) is 7.07. The molecular formula is C26H35N3O3. The van der Waals surface area contributed by atoms with Crippen LogP contribution in [0.4, 0.5) is 4.79 Å². The first-order valence-corrected chi connectivity index (χ1v) is 11.6. The van der Waals surface area contributed by atoms with Gasteiger partial charge in [0.25, 0.3) is 0 Å². The second kappa shape index (κ2) is 10.7. The number of rotatable bonds is 7. The highest BCUT2D eigenvalue weighted by atomic mass is 16.6. The monoisotopic (exact) mass is 437 g/mol. The Morgan fingerprint density at radius 2 is 2.06 bits per heavy atom. The molecule has 3 rings (SSSR count). The Morgan fingerprint density at radius 3 is 2.78 bits per heavy atom. The molecule has 32 heavy (non-hydrogen) atoms. The zero-order chi connectivity index (χ0) is 23.1. The summed E-state index contributed by atoms with van der Waals surface area (Å²) in [5, 5.41) is 10.3. The van der Waals surface area contributed by atoms with Gasteiger partial charge in [0.2, 0.25) is 0 Å². The quantitative estimate of drug-likeness (QED) is 0.552. The van der Waals surface area contributed by atoms with Gasteiger partial charge in [-0.25, -0.2) is 4.79 Å². The number of likely N-dealkylation sites (tertiary alicyclic amines) is 1. The summed E-state index contributed by atoms with van der Waals surface area (Å²) in [4.78, 5) is 18.8. The summed E-state index contributed by atoms with van der Waals surface area (Å²) in [7, 11) is 1.68. The zero-order valence-corrected chi connectivity index (χ0v) is 19.8. The van der Waals surface area contributed by atoms with E-state index in [0.717, 1.165) is 55.3 Å². The lowest BCUT2D eigenvalue weighted by molar-refractivity contribution is 0.00876. The normalized spacial score (nSPS) is 18.9. The molecule has 2 atom stereocenters. The maximum Gasteiger partial charge on any atom is 0.410 e. The highest BCUT2D eigenvalue weighted by Gasteiger charge is 2.33. The predicted molar refractivity (Wildman–Crippen MR) is 125 cm³/mol. The minimum atomic E-state index is -0.494.